The lowest BCUT2D eigenvalue weighted by atomic mass is 9.92. The number of thioether (sulfide) groups is 1. The fourth-order valence-corrected chi connectivity index (χ4v) is 4.27. The van der Waals surface area contributed by atoms with Gasteiger partial charge in [0.2, 0.25) is 0 Å². The van der Waals surface area contributed by atoms with Crippen molar-refractivity contribution < 1.29 is 5.11 Å². The maximum atomic E-state index is 10.3. The quantitative estimate of drug-likeness (QED) is 0.578. The molecule has 0 saturated heterocycles. The van der Waals surface area contributed by atoms with Crippen LogP contribution in [-0.2, 0) is 5.75 Å². The normalized spacial score (nSPS) is 20.4. The SMILES string of the molecule is CC/C=C/c1cc(SCc2ccccc2)ccc1NC1CCCC[C@@H]1O. The molecule has 0 spiro atoms. The first kappa shape index (κ1) is 19.1. The van der Waals surface area contributed by atoms with Crippen LogP contribution in [0.25, 0.3) is 6.08 Å². The van der Waals surface area contributed by atoms with E-state index in [2.05, 4.69) is 72.9 Å². The molecule has 26 heavy (non-hydrogen) atoms. The summed E-state index contributed by atoms with van der Waals surface area (Å²) in [5, 5.41) is 13.9. The molecule has 138 valence electrons. The van der Waals surface area contributed by atoms with E-state index in [1.165, 1.54) is 22.4 Å². The zero-order valence-electron chi connectivity index (χ0n) is 15.5. The molecule has 3 rings (SSSR count). The molecule has 1 fully saturated rings. The molecule has 2 aromatic carbocycles. The van der Waals surface area contributed by atoms with Crippen LogP contribution in [0.2, 0.25) is 0 Å². The first-order valence-electron chi connectivity index (χ1n) is 9.68. The van der Waals surface area contributed by atoms with Gasteiger partial charge in [-0.2, -0.15) is 0 Å². The third kappa shape index (κ3) is 5.39. The van der Waals surface area contributed by atoms with Crippen molar-refractivity contribution in [3.63, 3.8) is 0 Å². The molecule has 2 nitrogen and oxygen atoms in total. The summed E-state index contributed by atoms with van der Waals surface area (Å²) in [6.45, 7) is 2.16. The highest BCUT2D eigenvalue weighted by Crippen LogP contribution is 2.30. The Labute approximate surface area is 161 Å². The third-order valence-corrected chi connectivity index (χ3v) is 5.94. The second-order valence-electron chi connectivity index (χ2n) is 6.94. The van der Waals surface area contributed by atoms with Crippen molar-refractivity contribution in [2.24, 2.45) is 0 Å². The zero-order chi connectivity index (χ0) is 18.2. The third-order valence-electron chi connectivity index (χ3n) is 4.87. The predicted molar refractivity (Wildman–Crippen MR) is 114 cm³/mol. The second-order valence-corrected chi connectivity index (χ2v) is 7.99. The van der Waals surface area contributed by atoms with Crippen molar-refractivity contribution in [3.8, 4) is 0 Å². The van der Waals surface area contributed by atoms with Gasteiger partial charge in [0, 0.05) is 16.3 Å². The van der Waals surface area contributed by atoms with Crippen molar-refractivity contribution in [1.29, 1.82) is 0 Å². The Morgan fingerprint density at radius 3 is 2.69 bits per heavy atom. The molecule has 2 atom stereocenters. The van der Waals surface area contributed by atoms with Crippen LogP contribution >= 0.6 is 11.8 Å². The zero-order valence-corrected chi connectivity index (χ0v) is 16.3. The van der Waals surface area contributed by atoms with E-state index in [9.17, 15) is 5.11 Å². The summed E-state index contributed by atoms with van der Waals surface area (Å²) in [7, 11) is 0. The largest absolute Gasteiger partial charge is 0.391 e. The molecule has 1 aliphatic rings. The van der Waals surface area contributed by atoms with E-state index in [1.54, 1.807) is 0 Å². The van der Waals surface area contributed by atoms with Gasteiger partial charge in [0.1, 0.15) is 0 Å². The fraction of sp³-hybridized carbons (Fsp3) is 0.391. The Kier molecular flexibility index (Phi) is 7.22. The van der Waals surface area contributed by atoms with Crippen LogP contribution in [-0.4, -0.2) is 17.3 Å². The Morgan fingerprint density at radius 2 is 1.92 bits per heavy atom. The van der Waals surface area contributed by atoms with Gasteiger partial charge < -0.3 is 10.4 Å². The van der Waals surface area contributed by atoms with Gasteiger partial charge in [0.15, 0.2) is 0 Å². The maximum absolute atomic E-state index is 10.3. The summed E-state index contributed by atoms with van der Waals surface area (Å²) < 4.78 is 0. The molecule has 0 amide bonds. The average Bonchev–Trinajstić information content (AvgIpc) is 2.68. The highest BCUT2D eigenvalue weighted by atomic mass is 32.2. The first-order valence-corrected chi connectivity index (χ1v) is 10.7. The molecule has 0 radical (unpaired) electrons. The van der Waals surface area contributed by atoms with E-state index in [4.69, 9.17) is 0 Å². The number of nitrogens with one attached hydrogen (secondary N) is 1. The van der Waals surface area contributed by atoms with Crippen molar-refractivity contribution in [2.75, 3.05) is 5.32 Å². The van der Waals surface area contributed by atoms with Gasteiger partial charge in [-0.1, -0.05) is 62.2 Å². The molecule has 1 unspecified atom stereocenters. The number of anilines is 1. The van der Waals surface area contributed by atoms with E-state index in [0.717, 1.165) is 37.1 Å². The minimum Gasteiger partial charge on any atom is -0.391 e. The second kappa shape index (κ2) is 9.84. The number of hydrogen-bond acceptors (Lipinski definition) is 3. The molecule has 0 aliphatic heterocycles. The lowest BCUT2D eigenvalue weighted by Gasteiger charge is -2.30. The number of aliphatic hydroxyl groups excluding tert-OH is 1. The molecule has 1 aliphatic carbocycles. The molecule has 1 saturated carbocycles. The summed E-state index contributed by atoms with van der Waals surface area (Å²) in [4.78, 5) is 1.28. The standard InChI is InChI=1S/C23H29NOS/c1-2-3-11-19-16-20(26-17-18-9-5-4-6-10-18)14-15-21(19)24-22-12-7-8-13-23(22)25/h3-6,9-11,14-16,22-25H,2,7-8,12-13,17H2,1H3/b11-3+/t22?,23-/m0/s1. The number of benzene rings is 2. The highest BCUT2D eigenvalue weighted by molar-refractivity contribution is 7.98. The summed E-state index contributed by atoms with van der Waals surface area (Å²) >= 11 is 1.87. The van der Waals surface area contributed by atoms with Gasteiger partial charge in [-0.3, -0.25) is 0 Å². The van der Waals surface area contributed by atoms with E-state index < -0.39 is 0 Å². The smallest absolute Gasteiger partial charge is 0.0741 e. The Morgan fingerprint density at radius 1 is 1.12 bits per heavy atom. The van der Waals surface area contributed by atoms with Crippen molar-refractivity contribution >= 4 is 23.5 Å². The van der Waals surface area contributed by atoms with Gasteiger partial charge in [-0.15, -0.1) is 11.8 Å². The molecular formula is C23H29NOS. The van der Waals surface area contributed by atoms with Crippen LogP contribution in [0.1, 0.15) is 50.2 Å². The van der Waals surface area contributed by atoms with Crippen LogP contribution in [0.15, 0.2) is 59.5 Å². The minimum atomic E-state index is -0.237. The molecule has 0 bridgehead atoms. The Balaban J connectivity index is 1.73. The molecule has 0 heterocycles. The van der Waals surface area contributed by atoms with Crippen LogP contribution in [0.4, 0.5) is 5.69 Å². The fourth-order valence-electron chi connectivity index (χ4n) is 3.37. The van der Waals surface area contributed by atoms with Crippen LogP contribution in [0.3, 0.4) is 0 Å². The van der Waals surface area contributed by atoms with Crippen molar-refractivity contribution in [1.82, 2.24) is 0 Å². The Bertz CT molecular complexity index is 713. The molecule has 2 aromatic rings. The van der Waals surface area contributed by atoms with Gasteiger partial charge >= 0.3 is 0 Å². The number of allylic oxidation sites excluding steroid dienone is 1. The van der Waals surface area contributed by atoms with E-state index in [0.29, 0.717) is 0 Å². The lowest BCUT2D eigenvalue weighted by Crippen LogP contribution is -2.36. The Hall–Kier alpha value is -1.71. The van der Waals surface area contributed by atoms with Crippen molar-refractivity contribution in [3.05, 3.63) is 65.7 Å². The van der Waals surface area contributed by atoms with Gasteiger partial charge in [0.05, 0.1) is 12.1 Å². The van der Waals surface area contributed by atoms with Crippen LogP contribution in [0, 0.1) is 0 Å². The van der Waals surface area contributed by atoms with Crippen LogP contribution < -0.4 is 5.32 Å². The molecule has 3 heteroatoms. The lowest BCUT2D eigenvalue weighted by molar-refractivity contribution is 0.116. The van der Waals surface area contributed by atoms with Gasteiger partial charge in [-0.25, -0.2) is 0 Å². The summed E-state index contributed by atoms with van der Waals surface area (Å²) in [6.07, 6.45) is 9.46. The van der Waals surface area contributed by atoms with Gasteiger partial charge in [0.25, 0.3) is 0 Å². The number of rotatable bonds is 7. The number of aliphatic hydroxyl groups is 1. The number of hydrogen-bond donors (Lipinski definition) is 2. The molecule has 2 N–H and O–H groups in total. The minimum absolute atomic E-state index is 0.167. The first-order chi connectivity index (χ1) is 12.8. The summed E-state index contributed by atoms with van der Waals surface area (Å²) in [5.74, 6) is 0.978. The topological polar surface area (TPSA) is 32.3 Å². The van der Waals surface area contributed by atoms with Gasteiger partial charge in [-0.05, 0) is 48.6 Å². The summed E-state index contributed by atoms with van der Waals surface area (Å²) in [6, 6.07) is 17.4. The van der Waals surface area contributed by atoms with E-state index in [1.807, 2.05) is 11.8 Å². The molecular weight excluding hydrogens is 338 g/mol. The van der Waals surface area contributed by atoms with Crippen LogP contribution in [0.5, 0.6) is 0 Å². The van der Waals surface area contributed by atoms with E-state index >= 15 is 0 Å². The van der Waals surface area contributed by atoms with E-state index in [-0.39, 0.29) is 12.1 Å². The monoisotopic (exact) mass is 367 g/mol. The highest BCUT2D eigenvalue weighted by Gasteiger charge is 2.23. The maximum Gasteiger partial charge on any atom is 0.0741 e. The van der Waals surface area contributed by atoms with Crippen molar-refractivity contribution in [2.45, 2.75) is 61.8 Å². The molecule has 0 aromatic heterocycles. The predicted octanol–water partition coefficient (Wildman–Crippen LogP) is 6.12. The average molecular weight is 368 g/mol. The summed E-state index contributed by atoms with van der Waals surface area (Å²) in [5.41, 5.74) is 3.68.